The molecule has 1 rings (SSSR count). The van der Waals surface area contributed by atoms with Crippen LogP contribution >= 0.6 is 0 Å². The topological polar surface area (TPSA) is 47.6 Å². The van der Waals surface area contributed by atoms with Gasteiger partial charge in [0.05, 0.1) is 13.2 Å². The SMILES string of the molecule is CCOc1ccc(/C=C/C(=O)NCCOC)cc1. The van der Waals surface area contributed by atoms with Crippen molar-refractivity contribution < 1.29 is 14.3 Å². The monoisotopic (exact) mass is 249 g/mol. The number of amides is 1. The van der Waals surface area contributed by atoms with Gasteiger partial charge in [-0.15, -0.1) is 0 Å². The summed E-state index contributed by atoms with van der Waals surface area (Å²) in [4.78, 5) is 11.4. The highest BCUT2D eigenvalue weighted by Crippen LogP contribution is 2.12. The number of nitrogens with one attached hydrogen (secondary N) is 1. The molecule has 0 bridgehead atoms. The highest BCUT2D eigenvalue weighted by molar-refractivity contribution is 5.91. The average Bonchev–Trinajstić information content (AvgIpc) is 2.39. The van der Waals surface area contributed by atoms with Crippen molar-refractivity contribution in [1.29, 1.82) is 0 Å². The van der Waals surface area contributed by atoms with E-state index < -0.39 is 0 Å². The van der Waals surface area contributed by atoms with Crippen molar-refractivity contribution >= 4 is 12.0 Å². The second kappa shape index (κ2) is 8.31. The summed E-state index contributed by atoms with van der Waals surface area (Å²) in [6.45, 7) is 3.63. The van der Waals surface area contributed by atoms with Crippen molar-refractivity contribution in [2.45, 2.75) is 6.92 Å². The molecule has 0 aromatic heterocycles. The Morgan fingerprint density at radius 1 is 1.33 bits per heavy atom. The Hall–Kier alpha value is -1.81. The predicted molar refractivity (Wildman–Crippen MR) is 71.5 cm³/mol. The van der Waals surface area contributed by atoms with Crippen molar-refractivity contribution in [3.63, 3.8) is 0 Å². The Balaban J connectivity index is 2.43. The molecule has 0 saturated carbocycles. The van der Waals surface area contributed by atoms with Gasteiger partial charge >= 0.3 is 0 Å². The molecule has 0 aliphatic rings. The van der Waals surface area contributed by atoms with Crippen LogP contribution in [0.2, 0.25) is 0 Å². The van der Waals surface area contributed by atoms with E-state index in [1.807, 2.05) is 31.2 Å². The highest BCUT2D eigenvalue weighted by Gasteiger charge is 1.95. The van der Waals surface area contributed by atoms with E-state index in [0.717, 1.165) is 11.3 Å². The van der Waals surface area contributed by atoms with Gasteiger partial charge in [0.2, 0.25) is 5.91 Å². The summed E-state index contributed by atoms with van der Waals surface area (Å²) in [5.41, 5.74) is 0.959. The van der Waals surface area contributed by atoms with E-state index in [1.165, 1.54) is 6.08 Å². The Morgan fingerprint density at radius 3 is 2.67 bits per heavy atom. The van der Waals surface area contributed by atoms with Gasteiger partial charge in [0.15, 0.2) is 0 Å². The number of methoxy groups -OCH3 is 1. The Morgan fingerprint density at radius 2 is 2.06 bits per heavy atom. The number of benzene rings is 1. The number of hydrogen-bond acceptors (Lipinski definition) is 3. The first kappa shape index (κ1) is 14.3. The molecule has 1 aromatic carbocycles. The zero-order chi connectivity index (χ0) is 13.2. The molecule has 0 aliphatic heterocycles. The lowest BCUT2D eigenvalue weighted by Crippen LogP contribution is -2.24. The molecule has 4 nitrogen and oxygen atoms in total. The van der Waals surface area contributed by atoms with Crippen molar-refractivity contribution in [2.24, 2.45) is 0 Å². The number of ether oxygens (including phenoxy) is 2. The van der Waals surface area contributed by atoms with Crippen LogP contribution in [0.3, 0.4) is 0 Å². The van der Waals surface area contributed by atoms with Gasteiger partial charge < -0.3 is 14.8 Å². The molecule has 4 heteroatoms. The third-order valence-corrected chi connectivity index (χ3v) is 2.22. The van der Waals surface area contributed by atoms with Gasteiger partial charge in [-0.1, -0.05) is 12.1 Å². The first-order valence-electron chi connectivity index (χ1n) is 5.94. The number of carbonyl (C=O) groups excluding carboxylic acids is 1. The fourth-order valence-corrected chi connectivity index (χ4v) is 1.35. The third-order valence-electron chi connectivity index (χ3n) is 2.22. The van der Waals surface area contributed by atoms with E-state index in [9.17, 15) is 4.79 Å². The zero-order valence-electron chi connectivity index (χ0n) is 10.8. The lowest BCUT2D eigenvalue weighted by molar-refractivity contribution is -0.116. The maximum Gasteiger partial charge on any atom is 0.244 e. The van der Waals surface area contributed by atoms with Crippen LogP contribution in [-0.2, 0) is 9.53 Å². The smallest absolute Gasteiger partial charge is 0.244 e. The van der Waals surface area contributed by atoms with Crippen LogP contribution in [0.1, 0.15) is 12.5 Å². The molecule has 98 valence electrons. The molecule has 0 unspecified atom stereocenters. The normalized spacial score (nSPS) is 10.6. The molecule has 1 amide bonds. The van der Waals surface area contributed by atoms with E-state index in [0.29, 0.717) is 19.8 Å². The highest BCUT2D eigenvalue weighted by atomic mass is 16.5. The van der Waals surface area contributed by atoms with Gasteiger partial charge in [0.1, 0.15) is 5.75 Å². The minimum atomic E-state index is -0.124. The lowest BCUT2D eigenvalue weighted by atomic mass is 10.2. The van der Waals surface area contributed by atoms with E-state index >= 15 is 0 Å². The third kappa shape index (κ3) is 5.50. The van der Waals surface area contributed by atoms with E-state index in [1.54, 1.807) is 13.2 Å². The summed E-state index contributed by atoms with van der Waals surface area (Å²) in [5.74, 6) is 0.708. The minimum absolute atomic E-state index is 0.124. The molecule has 18 heavy (non-hydrogen) atoms. The van der Waals surface area contributed by atoms with Gasteiger partial charge in [-0.05, 0) is 30.7 Å². The van der Waals surface area contributed by atoms with E-state index in [-0.39, 0.29) is 5.91 Å². The quantitative estimate of drug-likeness (QED) is 0.592. The molecule has 0 spiro atoms. The van der Waals surface area contributed by atoms with E-state index in [2.05, 4.69) is 5.32 Å². The summed E-state index contributed by atoms with van der Waals surface area (Å²) >= 11 is 0. The molecule has 0 atom stereocenters. The molecular formula is C14H19NO3. The van der Waals surface area contributed by atoms with Crippen molar-refractivity contribution in [3.05, 3.63) is 35.9 Å². The largest absolute Gasteiger partial charge is 0.494 e. The van der Waals surface area contributed by atoms with Crippen LogP contribution in [0.5, 0.6) is 5.75 Å². The molecule has 0 saturated heterocycles. The van der Waals surface area contributed by atoms with Gasteiger partial charge in [-0.2, -0.15) is 0 Å². The first-order chi connectivity index (χ1) is 8.76. The molecule has 1 N–H and O–H groups in total. The number of rotatable bonds is 7. The Kier molecular flexibility index (Phi) is 6.58. The van der Waals surface area contributed by atoms with Crippen molar-refractivity contribution in [2.75, 3.05) is 26.9 Å². The fraction of sp³-hybridized carbons (Fsp3) is 0.357. The van der Waals surface area contributed by atoms with Crippen LogP contribution in [-0.4, -0.2) is 32.8 Å². The second-order valence-corrected chi connectivity index (χ2v) is 3.62. The number of hydrogen-bond donors (Lipinski definition) is 1. The van der Waals surface area contributed by atoms with E-state index in [4.69, 9.17) is 9.47 Å². The molecule has 0 heterocycles. The van der Waals surface area contributed by atoms with Gasteiger partial charge in [-0.3, -0.25) is 4.79 Å². The predicted octanol–water partition coefficient (Wildman–Crippen LogP) is 1.86. The average molecular weight is 249 g/mol. The molecular weight excluding hydrogens is 230 g/mol. The molecule has 1 aromatic rings. The Labute approximate surface area is 108 Å². The standard InChI is InChI=1S/C14H19NO3/c1-3-18-13-7-4-12(5-8-13)6-9-14(16)15-10-11-17-2/h4-9H,3,10-11H2,1-2H3,(H,15,16)/b9-6+. The van der Waals surface area contributed by atoms with Crippen LogP contribution in [0, 0.1) is 0 Å². The first-order valence-corrected chi connectivity index (χ1v) is 5.94. The zero-order valence-corrected chi connectivity index (χ0v) is 10.8. The van der Waals surface area contributed by atoms with Crippen LogP contribution < -0.4 is 10.1 Å². The summed E-state index contributed by atoms with van der Waals surface area (Å²) in [6, 6.07) is 7.58. The van der Waals surface area contributed by atoms with Crippen LogP contribution in [0.4, 0.5) is 0 Å². The number of carbonyl (C=O) groups is 1. The Bertz CT molecular complexity index is 385. The summed E-state index contributed by atoms with van der Waals surface area (Å²) in [5, 5.41) is 2.71. The van der Waals surface area contributed by atoms with Gasteiger partial charge in [0, 0.05) is 19.7 Å². The van der Waals surface area contributed by atoms with Gasteiger partial charge in [0.25, 0.3) is 0 Å². The summed E-state index contributed by atoms with van der Waals surface area (Å²) in [7, 11) is 1.60. The lowest BCUT2D eigenvalue weighted by Gasteiger charge is -2.02. The second-order valence-electron chi connectivity index (χ2n) is 3.62. The molecule has 0 fully saturated rings. The minimum Gasteiger partial charge on any atom is -0.494 e. The summed E-state index contributed by atoms with van der Waals surface area (Å²) in [6.07, 6.45) is 3.27. The van der Waals surface area contributed by atoms with Crippen LogP contribution in [0.15, 0.2) is 30.3 Å². The van der Waals surface area contributed by atoms with Crippen molar-refractivity contribution in [1.82, 2.24) is 5.32 Å². The molecule has 0 aliphatic carbocycles. The maximum absolute atomic E-state index is 11.4. The molecule has 0 radical (unpaired) electrons. The van der Waals surface area contributed by atoms with Crippen molar-refractivity contribution in [3.8, 4) is 5.75 Å². The fourth-order valence-electron chi connectivity index (χ4n) is 1.35. The van der Waals surface area contributed by atoms with Crippen LogP contribution in [0.25, 0.3) is 6.08 Å². The van der Waals surface area contributed by atoms with Gasteiger partial charge in [-0.25, -0.2) is 0 Å². The summed E-state index contributed by atoms with van der Waals surface area (Å²) < 4.78 is 10.2. The maximum atomic E-state index is 11.4.